The van der Waals surface area contributed by atoms with E-state index in [-0.39, 0.29) is 11.3 Å². The molecule has 0 aromatic rings. The van der Waals surface area contributed by atoms with Crippen molar-refractivity contribution >= 4 is 16.0 Å². The number of carbonyl (C=O) groups excluding carboxylic acids is 1. The minimum atomic E-state index is -5.76. The normalized spacial score (nSPS) is 27.2. The maximum absolute atomic E-state index is 12.4. The van der Waals surface area contributed by atoms with Crippen molar-refractivity contribution in [3.8, 4) is 0 Å². The lowest BCUT2D eigenvalue weighted by Crippen LogP contribution is -2.44. The average Bonchev–Trinajstić information content (AvgIpc) is 2.83. The minimum Gasteiger partial charge on any atom is -0.378 e. The van der Waals surface area contributed by atoms with E-state index in [0.717, 1.165) is 0 Å². The Bertz CT molecular complexity index is 581. The Morgan fingerprint density at radius 3 is 2.50 bits per heavy atom. The number of rotatable bonds is 3. The van der Waals surface area contributed by atoms with Gasteiger partial charge in [0.15, 0.2) is 5.76 Å². The molecule has 0 spiro atoms. The van der Waals surface area contributed by atoms with E-state index < -0.39 is 27.1 Å². The second-order valence-electron chi connectivity index (χ2n) is 4.88. The molecule has 1 atom stereocenters. The number of carbonyl (C=O) groups is 1. The molecule has 9 heteroatoms. The van der Waals surface area contributed by atoms with Crippen LogP contribution in [0.4, 0.5) is 13.2 Å². The Morgan fingerprint density at radius 1 is 1.40 bits per heavy atom. The molecule has 1 amide bonds. The van der Waals surface area contributed by atoms with E-state index in [1.54, 1.807) is 6.92 Å². The van der Waals surface area contributed by atoms with Crippen molar-refractivity contribution in [2.75, 3.05) is 6.54 Å². The first kappa shape index (κ1) is 15.1. The van der Waals surface area contributed by atoms with Gasteiger partial charge in [-0.05, 0) is 26.2 Å². The first-order valence-corrected chi connectivity index (χ1v) is 7.52. The first-order valence-electron chi connectivity index (χ1n) is 6.11. The zero-order valence-electron chi connectivity index (χ0n) is 11.0. The third-order valence-corrected chi connectivity index (χ3v) is 4.83. The molecule has 0 aliphatic carbocycles. The molecule has 2 heterocycles. The molecule has 5 nitrogen and oxygen atoms in total. The number of halogens is 3. The molecular weight excluding hydrogens is 299 g/mol. The van der Waals surface area contributed by atoms with Crippen molar-refractivity contribution in [1.82, 2.24) is 4.90 Å². The van der Waals surface area contributed by atoms with Crippen LogP contribution in [0.1, 0.15) is 33.1 Å². The fourth-order valence-corrected chi connectivity index (χ4v) is 3.48. The highest BCUT2D eigenvalue weighted by Gasteiger charge is 2.57. The topological polar surface area (TPSA) is 63.7 Å². The van der Waals surface area contributed by atoms with Gasteiger partial charge in [-0.25, -0.2) is 0 Å². The largest absolute Gasteiger partial charge is 0.534 e. The Kier molecular flexibility index (Phi) is 3.31. The fourth-order valence-electron chi connectivity index (χ4n) is 2.88. The summed E-state index contributed by atoms with van der Waals surface area (Å²) in [6.07, 6.45) is 1.31. The van der Waals surface area contributed by atoms with E-state index in [1.165, 1.54) is 11.8 Å². The Morgan fingerprint density at radius 2 is 2.00 bits per heavy atom. The number of hydrogen-bond donors (Lipinski definition) is 0. The van der Waals surface area contributed by atoms with Crippen LogP contribution in [0, 0.1) is 0 Å². The Balaban J connectivity index is 2.47. The van der Waals surface area contributed by atoms with Crippen molar-refractivity contribution in [1.29, 1.82) is 0 Å². The molecule has 114 valence electrons. The molecular formula is C11H14F3NO4S. The molecule has 1 fully saturated rings. The van der Waals surface area contributed by atoms with Crippen molar-refractivity contribution < 1.29 is 30.6 Å². The van der Waals surface area contributed by atoms with Gasteiger partial charge in [-0.1, -0.05) is 6.92 Å². The average molecular weight is 313 g/mol. The summed E-state index contributed by atoms with van der Waals surface area (Å²) in [5.41, 5.74) is -6.64. The van der Waals surface area contributed by atoms with Crippen LogP contribution in [-0.2, 0) is 19.1 Å². The van der Waals surface area contributed by atoms with Crippen molar-refractivity contribution in [2.24, 2.45) is 0 Å². The van der Waals surface area contributed by atoms with Gasteiger partial charge >= 0.3 is 15.6 Å². The van der Waals surface area contributed by atoms with Gasteiger partial charge in [0.1, 0.15) is 5.54 Å². The molecule has 1 unspecified atom stereocenters. The van der Waals surface area contributed by atoms with Crippen LogP contribution in [0.25, 0.3) is 0 Å². The number of hydrogen-bond acceptors (Lipinski definition) is 4. The molecule has 0 radical (unpaired) electrons. The van der Waals surface area contributed by atoms with Gasteiger partial charge in [0.25, 0.3) is 5.91 Å². The van der Waals surface area contributed by atoms with E-state index in [2.05, 4.69) is 4.18 Å². The molecule has 2 aliphatic heterocycles. The van der Waals surface area contributed by atoms with Crippen molar-refractivity contribution in [3.63, 3.8) is 0 Å². The van der Waals surface area contributed by atoms with E-state index in [9.17, 15) is 26.4 Å². The Hall–Kier alpha value is -1.25. The lowest BCUT2D eigenvalue weighted by molar-refractivity contribution is -0.128. The maximum atomic E-state index is 12.4. The molecule has 1 saturated heterocycles. The van der Waals surface area contributed by atoms with Gasteiger partial charge in [0.2, 0.25) is 0 Å². The van der Waals surface area contributed by atoms with E-state index >= 15 is 0 Å². The second-order valence-corrected chi connectivity index (χ2v) is 6.42. The number of alkyl halides is 3. The monoisotopic (exact) mass is 313 g/mol. The van der Waals surface area contributed by atoms with Crippen molar-refractivity contribution in [2.45, 2.75) is 44.2 Å². The van der Waals surface area contributed by atoms with E-state index in [4.69, 9.17) is 0 Å². The fraction of sp³-hybridized carbons (Fsp3) is 0.727. The van der Waals surface area contributed by atoms with Gasteiger partial charge < -0.3 is 9.08 Å². The molecule has 0 N–H and O–H groups in total. The summed E-state index contributed by atoms with van der Waals surface area (Å²) in [6, 6.07) is 0. The Labute approximate surface area is 114 Å². The van der Waals surface area contributed by atoms with E-state index in [1.807, 2.05) is 0 Å². The predicted molar refractivity (Wildman–Crippen MR) is 62.7 cm³/mol. The van der Waals surface area contributed by atoms with E-state index in [0.29, 0.717) is 25.8 Å². The maximum Gasteiger partial charge on any atom is 0.534 e. The summed E-state index contributed by atoms with van der Waals surface area (Å²) >= 11 is 0. The summed E-state index contributed by atoms with van der Waals surface area (Å²) in [6.45, 7) is 3.37. The smallest absolute Gasteiger partial charge is 0.378 e. The zero-order chi connectivity index (χ0) is 15.3. The third kappa shape index (κ3) is 1.90. The summed E-state index contributed by atoms with van der Waals surface area (Å²) in [5.74, 6) is -0.837. The van der Waals surface area contributed by atoms with Crippen LogP contribution in [0.5, 0.6) is 0 Å². The van der Waals surface area contributed by atoms with Gasteiger partial charge in [0, 0.05) is 6.54 Å². The van der Waals surface area contributed by atoms with Crippen LogP contribution < -0.4 is 0 Å². The number of nitrogens with zero attached hydrogens (tertiary/aromatic N) is 1. The predicted octanol–water partition coefficient (Wildman–Crippen LogP) is 1.91. The van der Waals surface area contributed by atoms with Crippen LogP contribution in [0.15, 0.2) is 11.3 Å². The molecule has 0 bridgehead atoms. The number of fused-ring (bicyclic) bond motifs is 1. The summed E-state index contributed by atoms with van der Waals surface area (Å²) in [5, 5.41) is 0. The van der Waals surface area contributed by atoms with Gasteiger partial charge in [-0.3, -0.25) is 4.79 Å². The third-order valence-electron chi connectivity index (χ3n) is 3.88. The highest BCUT2D eigenvalue weighted by Crippen LogP contribution is 2.47. The van der Waals surface area contributed by atoms with Gasteiger partial charge in [-0.2, -0.15) is 21.6 Å². The molecule has 0 saturated carbocycles. The van der Waals surface area contributed by atoms with Crippen LogP contribution in [0.2, 0.25) is 0 Å². The summed E-state index contributed by atoms with van der Waals surface area (Å²) in [4.78, 5) is 13.4. The minimum absolute atomic E-state index is 0.0700. The standard InChI is InChI=1S/C11H14F3NO4S/c1-3-10-5-4-6-15(10)9(16)7(2)8(10)19-20(17,18)11(12,13)14/h3-6H2,1-2H3. The summed E-state index contributed by atoms with van der Waals surface area (Å²) in [7, 11) is -5.76. The SMILES string of the molecule is CCC12CCCN1C(=O)C(C)=C2OS(=O)(=O)C(F)(F)F. The first-order chi connectivity index (χ1) is 9.07. The quantitative estimate of drug-likeness (QED) is 0.590. The highest BCUT2D eigenvalue weighted by atomic mass is 32.2. The lowest BCUT2D eigenvalue weighted by Gasteiger charge is -2.32. The second kappa shape index (κ2) is 4.37. The van der Waals surface area contributed by atoms with Crippen LogP contribution in [0.3, 0.4) is 0 Å². The van der Waals surface area contributed by atoms with Crippen molar-refractivity contribution in [3.05, 3.63) is 11.3 Å². The van der Waals surface area contributed by atoms with Crippen LogP contribution >= 0.6 is 0 Å². The highest BCUT2D eigenvalue weighted by molar-refractivity contribution is 7.87. The van der Waals surface area contributed by atoms with Gasteiger partial charge in [-0.15, -0.1) is 0 Å². The lowest BCUT2D eigenvalue weighted by atomic mass is 9.91. The molecule has 2 aliphatic rings. The van der Waals surface area contributed by atoms with Crippen LogP contribution in [-0.4, -0.2) is 36.8 Å². The zero-order valence-corrected chi connectivity index (χ0v) is 11.8. The summed E-state index contributed by atoms with van der Waals surface area (Å²) < 4.78 is 64.1. The molecule has 0 aromatic carbocycles. The van der Waals surface area contributed by atoms with Gasteiger partial charge in [0.05, 0.1) is 5.57 Å². The number of amides is 1. The molecule has 2 rings (SSSR count). The molecule has 0 aromatic heterocycles. The molecule has 20 heavy (non-hydrogen) atoms.